The van der Waals surface area contributed by atoms with E-state index in [1.165, 1.54) is 0 Å². The Hall–Kier alpha value is -4.26. The fourth-order valence-corrected chi connectivity index (χ4v) is 4.00. The van der Waals surface area contributed by atoms with Gasteiger partial charge in [-0.3, -0.25) is 4.90 Å². The number of aromatic amines is 1. The second-order valence-corrected chi connectivity index (χ2v) is 7.91. The summed E-state index contributed by atoms with van der Waals surface area (Å²) in [7, 11) is 1.80. The molecule has 7 nitrogen and oxygen atoms in total. The van der Waals surface area contributed by atoms with Crippen LogP contribution in [0.4, 0.5) is 26.7 Å². The molecule has 2 heterocycles. The molecule has 0 bridgehead atoms. The molecule has 3 aromatic carbocycles. The minimum absolute atomic E-state index is 0.0674. The Bertz CT molecular complexity index is 1300. The van der Waals surface area contributed by atoms with E-state index in [1.54, 1.807) is 16.8 Å². The van der Waals surface area contributed by atoms with E-state index in [0.717, 1.165) is 27.7 Å². The van der Waals surface area contributed by atoms with Crippen molar-refractivity contribution in [3.63, 3.8) is 0 Å². The Morgan fingerprint density at radius 3 is 2.53 bits per heavy atom. The highest BCUT2D eigenvalue weighted by Gasteiger charge is 2.28. The lowest BCUT2D eigenvalue weighted by molar-refractivity contribution is 0.210. The van der Waals surface area contributed by atoms with Crippen LogP contribution in [0.25, 0.3) is 10.9 Å². The first kappa shape index (κ1) is 19.7. The third kappa shape index (κ3) is 3.88. The molecule has 1 aliphatic rings. The molecule has 0 fully saturated rings. The number of fused-ring (bicyclic) bond motifs is 2. The summed E-state index contributed by atoms with van der Waals surface area (Å²) in [6.45, 7) is 0.991. The first-order valence-corrected chi connectivity index (χ1v) is 10.4. The molecule has 0 radical (unpaired) electrons. The number of rotatable bonds is 4. The van der Waals surface area contributed by atoms with Crippen LogP contribution in [-0.2, 0) is 13.1 Å². The largest absolute Gasteiger partial charge is 0.361 e. The van der Waals surface area contributed by atoms with Gasteiger partial charge in [0.25, 0.3) is 0 Å². The van der Waals surface area contributed by atoms with Crippen LogP contribution in [-0.4, -0.2) is 29.0 Å². The summed E-state index contributed by atoms with van der Waals surface area (Å²) in [5.41, 5.74) is 5.15. The molecule has 3 N–H and O–H groups in total. The molecular formula is C25H23N5O2. The standard InChI is InChI=1S/C25H23N5O2/c1-29-16-19-8-10-21(14-23(19)30(25(29)32)15-17-5-3-2-4-6-17)28-24(31)27-20-9-7-18-11-12-26-22(18)13-20/h2-14,26H,15-16H2,1H3,(H2,27,28,31). The summed E-state index contributed by atoms with van der Waals surface area (Å²) in [6, 6.07) is 22.8. The van der Waals surface area contributed by atoms with Crippen LogP contribution in [0.5, 0.6) is 0 Å². The van der Waals surface area contributed by atoms with Gasteiger partial charge < -0.3 is 20.5 Å². The number of aromatic nitrogens is 1. The summed E-state index contributed by atoms with van der Waals surface area (Å²) >= 11 is 0. The molecule has 0 unspecified atom stereocenters. The van der Waals surface area contributed by atoms with Crippen molar-refractivity contribution in [2.75, 3.05) is 22.6 Å². The maximum Gasteiger partial charge on any atom is 0.324 e. The molecule has 160 valence electrons. The lowest BCUT2D eigenvalue weighted by Crippen LogP contribution is -2.44. The monoisotopic (exact) mass is 425 g/mol. The molecule has 4 amide bonds. The van der Waals surface area contributed by atoms with E-state index in [0.29, 0.717) is 24.5 Å². The van der Waals surface area contributed by atoms with Crippen molar-refractivity contribution in [2.45, 2.75) is 13.1 Å². The van der Waals surface area contributed by atoms with Crippen molar-refractivity contribution in [2.24, 2.45) is 0 Å². The molecule has 7 heteroatoms. The molecule has 32 heavy (non-hydrogen) atoms. The van der Waals surface area contributed by atoms with Crippen LogP contribution in [0.3, 0.4) is 0 Å². The Labute approximate surface area is 185 Å². The second kappa shape index (κ2) is 8.11. The molecule has 0 saturated carbocycles. The zero-order valence-electron chi connectivity index (χ0n) is 17.6. The van der Waals surface area contributed by atoms with Crippen LogP contribution < -0.4 is 15.5 Å². The third-order valence-electron chi connectivity index (χ3n) is 5.60. The van der Waals surface area contributed by atoms with E-state index < -0.39 is 0 Å². The summed E-state index contributed by atoms with van der Waals surface area (Å²) in [6.07, 6.45) is 1.86. The van der Waals surface area contributed by atoms with Crippen molar-refractivity contribution in [3.05, 3.63) is 90.1 Å². The Kier molecular flexibility index (Phi) is 4.99. The topological polar surface area (TPSA) is 80.5 Å². The van der Waals surface area contributed by atoms with Crippen LogP contribution in [0.2, 0.25) is 0 Å². The van der Waals surface area contributed by atoms with Crippen LogP contribution in [0.15, 0.2) is 79.0 Å². The van der Waals surface area contributed by atoms with Gasteiger partial charge in [-0.2, -0.15) is 0 Å². The molecule has 0 atom stereocenters. The van der Waals surface area contributed by atoms with Gasteiger partial charge in [0.05, 0.1) is 12.2 Å². The number of hydrogen-bond donors (Lipinski definition) is 3. The van der Waals surface area contributed by atoms with Crippen LogP contribution in [0, 0.1) is 0 Å². The number of nitrogens with one attached hydrogen (secondary N) is 3. The summed E-state index contributed by atoms with van der Waals surface area (Å²) in [5, 5.41) is 6.82. The maximum atomic E-state index is 12.9. The molecule has 1 aromatic heterocycles. The average Bonchev–Trinajstić information content (AvgIpc) is 3.26. The van der Waals surface area contributed by atoms with Gasteiger partial charge in [-0.25, -0.2) is 9.59 Å². The molecule has 0 aliphatic carbocycles. The van der Waals surface area contributed by atoms with E-state index in [9.17, 15) is 9.59 Å². The van der Waals surface area contributed by atoms with Crippen molar-refractivity contribution in [3.8, 4) is 0 Å². The van der Waals surface area contributed by atoms with Gasteiger partial charge in [0.2, 0.25) is 0 Å². The van der Waals surface area contributed by atoms with Crippen LogP contribution >= 0.6 is 0 Å². The average molecular weight is 425 g/mol. The number of benzene rings is 3. The fourth-order valence-electron chi connectivity index (χ4n) is 4.00. The number of anilines is 3. The molecule has 4 aromatic rings. The van der Waals surface area contributed by atoms with Gasteiger partial charge in [-0.1, -0.05) is 42.5 Å². The lowest BCUT2D eigenvalue weighted by Gasteiger charge is -2.35. The first-order chi connectivity index (χ1) is 15.6. The van der Waals surface area contributed by atoms with Crippen molar-refractivity contribution in [1.29, 1.82) is 0 Å². The summed E-state index contributed by atoms with van der Waals surface area (Å²) in [5.74, 6) is 0. The van der Waals surface area contributed by atoms with E-state index in [2.05, 4.69) is 15.6 Å². The summed E-state index contributed by atoms with van der Waals surface area (Å²) in [4.78, 5) is 32.1. The van der Waals surface area contributed by atoms with Crippen molar-refractivity contribution in [1.82, 2.24) is 9.88 Å². The van der Waals surface area contributed by atoms with Crippen molar-refractivity contribution >= 4 is 40.0 Å². The third-order valence-corrected chi connectivity index (χ3v) is 5.60. The minimum atomic E-state index is -0.343. The SMILES string of the molecule is CN1Cc2ccc(NC(=O)Nc3ccc4cc[nH]c4c3)cc2N(Cc2ccccc2)C1=O. The van der Waals surface area contributed by atoms with Crippen molar-refractivity contribution < 1.29 is 9.59 Å². The fraction of sp³-hybridized carbons (Fsp3) is 0.120. The highest BCUT2D eigenvalue weighted by atomic mass is 16.2. The number of carbonyl (C=O) groups is 2. The predicted octanol–water partition coefficient (Wildman–Crippen LogP) is 5.38. The van der Waals surface area contributed by atoms with E-state index >= 15 is 0 Å². The maximum absolute atomic E-state index is 12.9. The molecule has 0 spiro atoms. The highest BCUT2D eigenvalue weighted by Crippen LogP contribution is 2.32. The van der Waals surface area contributed by atoms with Gasteiger partial charge in [0, 0.05) is 36.7 Å². The minimum Gasteiger partial charge on any atom is -0.361 e. The van der Waals surface area contributed by atoms with E-state index in [1.807, 2.05) is 79.0 Å². The highest BCUT2D eigenvalue weighted by molar-refractivity contribution is 6.02. The van der Waals surface area contributed by atoms with Gasteiger partial charge in [-0.15, -0.1) is 0 Å². The van der Waals surface area contributed by atoms with E-state index in [4.69, 9.17) is 0 Å². The van der Waals surface area contributed by atoms with Gasteiger partial charge in [-0.05, 0) is 46.8 Å². The normalized spacial score (nSPS) is 13.2. The van der Waals surface area contributed by atoms with Gasteiger partial charge in [0.15, 0.2) is 0 Å². The second-order valence-electron chi connectivity index (χ2n) is 7.91. The lowest BCUT2D eigenvalue weighted by atomic mass is 10.1. The van der Waals surface area contributed by atoms with E-state index in [-0.39, 0.29) is 12.1 Å². The molecule has 1 aliphatic heterocycles. The zero-order chi connectivity index (χ0) is 22.1. The van der Waals surface area contributed by atoms with Gasteiger partial charge >= 0.3 is 12.1 Å². The number of nitrogens with zero attached hydrogens (tertiary/aromatic N) is 2. The zero-order valence-corrected chi connectivity index (χ0v) is 17.6. The predicted molar refractivity (Wildman–Crippen MR) is 127 cm³/mol. The molecule has 0 saturated heterocycles. The number of H-pyrrole nitrogens is 1. The number of urea groups is 2. The van der Waals surface area contributed by atoms with Crippen LogP contribution in [0.1, 0.15) is 11.1 Å². The smallest absolute Gasteiger partial charge is 0.324 e. The molecular weight excluding hydrogens is 402 g/mol. The van der Waals surface area contributed by atoms with Gasteiger partial charge in [0.1, 0.15) is 0 Å². The first-order valence-electron chi connectivity index (χ1n) is 10.4. The Morgan fingerprint density at radius 1 is 0.969 bits per heavy atom. The number of carbonyl (C=O) groups excluding carboxylic acids is 2. The Morgan fingerprint density at radius 2 is 1.72 bits per heavy atom. The summed E-state index contributed by atoms with van der Waals surface area (Å²) < 4.78 is 0. The molecule has 5 rings (SSSR count). The quantitative estimate of drug-likeness (QED) is 0.410. The number of hydrogen-bond acceptors (Lipinski definition) is 2. The Balaban J connectivity index is 1.36. The number of amides is 4.